The van der Waals surface area contributed by atoms with Crippen LogP contribution in [0, 0.1) is 0 Å². The molecule has 0 unspecified atom stereocenters. The van der Waals surface area contributed by atoms with Gasteiger partial charge in [0.2, 0.25) is 5.91 Å². The molecule has 0 aliphatic carbocycles. The molecule has 0 spiro atoms. The Morgan fingerprint density at radius 2 is 2.17 bits per heavy atom. The highest BCUT2D eigenvalue weighted by molar-refractivity contribution is 5.95. The number of carbonyl (C=O) groups excluding carboxylic acids is 1. The summed E-state index contributed by atoms with van der Waals surface area (Å²) in [5.41, 5.74) is 13.0. The number of morpholine rings is 1. The van der Waals surface area contributed by atoms with Gasteiger partial charge in [0.25, 0.3) is 0 Å². The van der Waals surface area contributed by atoms with Crippen molar-refractivity contribution in [3.63, 3.8) is 0 Å². The second-order valence-electron chi connectivity index (χ2n) is 5.17. The number of nitrogens with zero attached hydrogens (tertiary/aromatic N) is 1. The number of nitrogens with two attached hydrogens (primary N) is 2. The van der Waals surface area contributed by atoms with Gasteiger partial charge in [-0.1, -0.05) is 0 Å². The summed E-state index contributed by atoms with van der Waals surface area (Å²) in [6.07, 6.45) is 0. The molecule has 1 fully saturated rings. The van der Waals surface area contributed by atoms with E-state index in [1.165, 1.54) is 0 Å². The summed E-state index contributed by atoms with van der Waals surface area (Å²) in [4.78, 5) is 13.3. The number of hydrogen-bond acceptors (Lipinski definition) is 4. The summed E-state index contributed by atoms with van der Waals surface area (Å²) < 4.78 is 5.66. The number of carbonyl (C=O) groups is 1. The van der Waals surface area contributed by atoms with Gasteiger partial charge >= 0.3 is 0 Å². The molecule has 1 heterocycles. The van der Waals surface area contributed by atoms with Crippen molar-refractivity contribution in [1.82, 2.24) is 0 Å². The zero-order chi connectivity index (χ0) is 13.3. The van der Waals surface area contributed by atoms with Crippen molar-refractivity contribution in [3.8, 4) is 0 Å². The smallest absolute Gasteiger partial charge is 0.248 e. The first-order valence-corrected chi connectivity index (χ1v) is 5.97. The van der Waals surface area contributed by atoms with Gasteiger partial charge < -0.3 is 21.1 Å². The van der Waals surface area contributed by atoms with Crippen LogP contribution in [0.15, 0.2) is 18.2 Å². The average molecular weight is 249 g/mol. The highest BCUT2D eigenvalue weighted by atomic mass is 16.5. The molecule has 0 saturated carbocycles. The summed E-state index contributed by atoms with van der Waals surface area (Å²) in [5, 5.41) is 0. The normalized spacial score (nSPS) is 18.7. The van der Waals surface area contributed by atoms with Crippen LogP contribution in [0.5, 0.6) is 0 Å². The average Bonchev–Trinajstić information content (AvgIpc) is 2.27. The molecule has 0 atom stereocenters. The van der Waals surface area contributed by atoms with Crippen LogP contribution in [0.2, 0.25) is 0 Å². The van der Waals surface area contributed by atoms with Gasteiger partial charge in [0.1, 0.15) is 0 Å². The topological polar surface area (TPSA) is 81.6 Å². The largest absolute Gasteiger partial charge is 0.397 e. The lowest BCUT2D eigenvalue weighted by Gasteiger charge is -2.40. The highest BCUT2D eigenvalue weighted by Gasteiger charge is 2.28. The van der Waals surface area contributed by atoms with E-state index in [0.717, 1.165) is 18.8 Å². The first-order chi connectivity index (χ1) is 8.39. The van der Waals surface area contributed by atoms with Gasteiger partial charge in [-0.3, -0.25) is 4.79 Å². The summed E-state index contributed by atoms with van der Waals surface area (Å²) in [5.74, 6) is -0.441. The Kier molecular flexibility index (Phi) is 3.17. The Hall–Kier alpha value is -1.75. The Morgan fingerprint density at radius 3 is 2.78 bits per heavy atom. The molecule has 5 nitrogen and oxygen atoms in total. The molecule has 1 aromatic carbocycles. The monoisotopic (exact) mass is 249 g/mol. The van der Waals surface area contributed by atoms with Crippen molar-refractivity contribution in [2.75, 3.05) is 30.3 Å². The number of hydrogen-bond donors (Lipinski definition) is 2. The fourth-order valence-corrected chi connectivity index (χ4v) is 2.19. The van der Waals surface area contributed by atoms with Gasteiger partial charge in [0.05, 0.1) is 23.6 Å². The summed E-state index contributed by atoms with van der Waals surface area (Å²) in [6.45, 7) is 6.21. The molecule has 98 valence electrons. The van der Waals surface area contributed by atoms with Gasteiger partial charge in [-0.15, -0.1) is 0 Å². The molecule has 1 aliphatic rings. The molecular weight excluding hydrogens is 230 g/mol. The maximum atomic E-state index is 11.2. The van der Waals surface area contributed by atoms with Gasteiger partial charge in [0.15, 0.2) is 0 Å². The molecular formula is C13H19N3O2. The zero-order valence-electron chi connectivity index (χ0n) is 10.8. The second-order valence-corrected chi connectivity index (χ2v) is 5.17. The standard InChI is InChI=1S/C13H19N3O2/c1-13(2)8-16(5-6-18-13)11-7-9(12(15)17)3-4-10(11)14/h3-4,7H,5-6,8,14H2,1-2H3,(H2,15,17). The molecule has 1 saturated heterocycles. The van der Waals surface area contributed by atoms with E-state index in [0.29, 0.717) is 17.9 Å². The molecule has 2 rings (SSSR count). The number of amides is 1. The zero-order valence-corrected chi connectivity index (χ0v) is 10.8. The molecule has 1 aliphatic heterocycles. The van der Waals surface area contributed by atoms with E-state index in [2.05, 4.69) is 4.90 Å². The van der Waals surface area contributed by atoms with Crippen LogP contribution in [0.4, 0.5) is 11.4 Å². The highest BCUT2D eigenvalue weighted by Crippen LogP contribution is 2.28. The molecule has 1 aromatic rings. The van der Waals surface area contributed by atoms with E-state index in [4.69, 9.17) is 16.2 Å². The SMILES string of the molecule is CC1(C)CN(c2cc(C(N)=O)ccc2N)CCO1. The number of rotatable bonds is 2. The van der Waals surface area contributed by atoms with Gasteiger partial charge in [-0.2, -0.15) is 0 Å². The van der Waals surface area contributed by atoms with Crippen LogP contribution >= 0.6 is 0 Å². The van der Waals surface area contributed by atoms with E-state index >= 15 is 0 Å². The second kappa shape index (κ2) is 4.49. The number of ether oxygens (including phenoxy) is 1. The quantitative estimate of drug-likeness (QED) is 0.766. The van der Waals surface area contributed by atoms with Gasteiger partial charge in [-0.05, 0) is 32.0 Å². The Bertz CT molecular complexity index is 471. The summed E-state index contributed by atoms with van der Waals surface area (Å²) in [6, 6.07) is 5.11. The fourth-order valence-electron chi connectivity index (χ4n) is 2.19. The first-order valence-electron chi connectivity index (χ1n) is 5.97. The third kappa shape index (κ3) is 2.56. The van der Waals surface area contributed by atoms with Crippen molar-refractivity contribution in [1.29, 1.82) is 0 Å². The lowest BCUT2D eigenvalue weighted by atomic mass is 10.1. The van der Waals surface area contributed by atoms with E-state index in [9.17, 15) is 4.79 Å². The van der Waals surface area contributed by atoms with E-state index in [-0.39, 0.29) is 5.60 Å². The first kappa shape index (κ1) is 12.7. The van der Waals surface area contributed by atoms with E-state index in [1.807, 2.05) is 13.8 Å². The van der Waals surface area contributed by atoms with Gasteiger partial charge in [0, 0.05) is 18.7 Å². The van der Waals surface area contributed by atoms with Crippen LogP contribution in [-0.4, -0.2) is 31.2 Å². The number of nitrogen functional groups attached to an aromatic ring is 1. The Balaban J connectivity index is 2.32. The molecule has 1 amide bonds. The van der Waals surface area contributed by atoms with Crippen LogP contribution in [-0.2, 0) is 4.74 Å². The molecule has 0 bridgehead atoms. The Labute approximate surface area is 107 Å². The van der Waals surface area contributed by atoms with Crippen molar-refractivity contribution >= 4 is 17.3 Å². The number of primary amides is 1. The number of anilines is 2. The lowest BCUT2D eigenvalue weighted by Crippen LogP contribution is -2.48. The van der Waals surface area contributed by atoms with Crippen molar-refractivity contribution in [3.05, 3.63) is 23.8 Å². The Morgan fingerprint density at radius 1 is 1.44 bits per heavy atom. The minimum Gasteiger partial charge on any atom is -0.397 e. The van der Waals surface area contributed by atoms with Crippen molar-refractivity contribution in [2.45, 2.75) is 19.4 Å². The minimum absolute atomic E-state index is 0.215. The molecule has 5 heteroatoms. The van der Waals surface area contributed by atoms with Crippen LogP contribution in [0.1, 0.15) is 24.2 Å². The predicted molar refractivity (Wildman–Crippen MR) is 71.6 cm³/mol. The van der Waals surface area contributed by atoms with E-state index in [1.54, 1.807) is 18.2 Å². The summed E-state index contributed by atoms with van der Waals surface area (Å²) >= 11 is 0. The van der Waals surface area contributed by atoms with Crippen molar-refractivity contribution in [2.24, 2.45) is 5.73 Å². The minimum atomic E-state index is -0.441. The predicted octanol–water partition coefficient (Wildman–Crippen LogP) is 0.983. The fraction of sp³-hybridized carbons (Fsp3) is 0.462. The molecule has 18 heavy (non-hydrogen) atoms. The third-order valence-electron chi connectivity index (χ3n) is 3.08. The third-order valence-corrected chi connectivity index (χ3v) is 3.08. The van der Waals surface area contributed by atoms with Crippen LogP contribution in [0.3, 0.4) is 0 Å². The summed E-state index contributed by atoms with van der Waals surface area (Å²) in [7, 11) is 0. The van der Waals surface area contributed by atoms with Gasteiger partial charge in [-0.25, -0.2) is 0 Å². The van der Waals surface area contributed by atoms with Crippen LogP contribution in [0.25, 0.3) is 0 Å². The molecule has 4 N–H and O–H groups in total. The maximum absolute atomic E-state index is 11.2. The van der Waals surface area contributed by atoms with E-state index < -0.39 is 5.91 Å². The van der Waals surface area contributed by atoms with Crippen LogP contribution < -0.4 is 16.4 Å². The maximum Gasteiger partial charge on any atom is 0.248 e. The lowest BCUT2D eigenvalue weighted by molar-refractivity contribution is -0.0276. The molecule has 0 radical (unpaired) electrons. The molecule has 0 aromatic heterocycles. The van der Waals surface area contributed by atoms with Crippen molar-refractivity contribution < 1.29 is 9.53 Å². The number of benzene rings is 1.